The van der Waals surface area contributed by atoms with Crippen molar-refractivity contribution in [3.05, 3.63) is 65.3 Å². The van der Waals surface area contributed by atoms with Crippen LogP contribution in [0.2, 0.25) is 0 Å². The third kappa shape index (κ3) is 4.99. The molecule has 3 aromatic rings. The van der Waals surface area contributed by atoms with Crippen molar-refractivity contribution in [1.29, 1.82) is 0 Å². The number of nitrogens with zero attached hydrogens (tertiary/aromatic N) is 4. The zero-order valence-corrected chi connectivity index (χ0v) is 23.3. The smallest absolute Gasteiger partial charge is 0.229 e. The van der Waals surface area contributed by atoms with Gasteiger partial charge in [0.05, 0.1) is 0 Å². The van der Waals surface area contributed by atoms with E-state index < -0.39 is 16.6 Å². The van der Waals surface area contributed by atoms with Gasteiger partial charge in [0.1, 0.15) is 5.60 Å². The van der Waals surface area contributed by atoms with E-state index in [0.29, 0.717) is 35.2 Å². The zero-order chi connectivity index (χ0) is 27.3. The van der Waals surface area contributed by atoms with Crippen molar-refractivity contribution in [2.24, 2.45) is 11.3 Å². The maximum absolute atomic E-state index is 12.5. The maximum atomic E-state index is 12.5. The van der Waals surface area contributed by atoms with Crippen molar-refractivity contribution in [1.82, 2.24) is 25.3 Å². The largest absolute Gasteiger partial charge is 0.380 e. The Balaban J connectivity index is 1.44. The van der Waals surface area contributed by atoms with Gasteiger partial charge < -0.3 is 19.8 Å². The van der Waals surface area contributed by atoms with Crippen LogP contribution in [0.15, 0.2) is 47.2 Å². The van der Waals surface area contributed by atoms with Gasteiger partial charge in [-0.2, -0.15) is 4.98 Å². The average Bonchev–Trinajstić information content (AvgIpc) is 3.62. The lowest BCUT2D eigenvalue weighted by molar-refractivity contribution is -0.127. The number of amides is 1. The van der Waals surface area contributed by atoms with Gasteiger partial charge in [0.15, 0.2) is 0 Å². The summed E-state index contributed by atoms with van der Waals surface area (Å²) >= 11 is 0. The third-order valence-corrected chi connectivity index (χ3v) is 7.99. The SMILES string of the molecule is CC(C)c1ccc([C@](O)(c2cncc(-c3noc(CC(C)(C)NC(=O)C4CC4)n3)c2)C2(C)CN(C)C2)cc1. The summed E-state index contributed by atoms with van der Waals surface area (Å²) in [6.45, 7) is 11.9. The van der Waals surface area contributed by atoms with Crippen LogP contribution in [0.4, 0.5) is 0 Å². The Morgan fingerprint density at radius 2 is 1.87 bits per heavy atom. The summed E-state index contributed by atoms with van der Waals surface area (Å²) in [6.07, 6.45) is 5.76. The molecule has 2 N–H and O–H groups in total. The van der Waals surface area contributed by atoms with Gasteiger partial charge in [-0.05, 0) is 56.8 Å². The number of rotatable bonds is 9. The number of carbonyl (C=O) groups excluding carboxylic acids is 1. The maximum Gasteiger partial charge on any atom is 0.229 e. The summed E-state index contributed by atoms with van der Waals surface area (Å²) in [5.74, 6) is 1.49. The zero-order valence-electron chi connectivity index (χ0n) is 23.3. The Morgan fingerprint density at radius 3 is 2.47 bits per heavy atom. The highest BCUT2D eigenvalue weighted by molar-refractivity contribution is 5.81. The first-order valence-electron chi connectivity index (χ1n) is 13.5. The van der Waals surface area contributed by atoms with E-state index in [0.717, 1.165) is 31.5 Å². The number of carbonyl (C=O) groups is 1. The molecule has 202 valence electrons. The summed E-state index contributed by atoms with van der Waals surface area (Å²) < 4.78 is 5.56. The molecule has 3 heterocycles. The minimum atomic E-state index is -1.25. The summed E-state index contributed by atoms with van der Waals surface area (Å²) in [7, 11) is 2.06. The van der Waals surface area contributed by atoms with E-state index in [-0.39, 0.29) is 11.8 Å². The number of benzene rings is 1. The number of aliphatic hydroxyl groups is 1. The predicted molar refractivity (Wildman–Crippen MR) is 145 cm³/mol. The predicted octanol–water partition coefficient (Wildman–Crippen LogP) is 4.29. The lowest BCUT2D eigenvalue weighted by Crippen LogP contribution is -2.63. The summed E-state index contributed by atoms with van der Waals surface area (Å²) in [5, 5.41) is 19.8. The molecule has 8 heteroatoms. The molecule has 1 aliphatic carbocycles. The van der Waals surface area contributed by atoms with Crippen LogP contribution in [0.25, 0.3) is 11.4 Å². The van der Waals surface area contributed by atoms with E-state index >= 15 is 0 Å². The molecular formula is C30H39N5O3. The van der Waals surface area contributed by atoms with Crippen LogP contribution < -0.4 is 5.32 Å². The van der Waals surface area contributed by atoms with Crippen molar-refractivity contribution in [2.75, 3.05) is 20.1 Å². The topological polar surface area (TPSA) is 104 Å². The highest BCUT2D eigenvalue weighted by Crippen LogP contribution is 2.50. The molecule has 2 aliphatic rings. The molecule has 1 saturated carbocycles. The molecular weight excluding hydrogens is 478 g/mol. The highest BCUT2D eigenvalue weighted by atomic mass is 16.5. The molecule has 2 fully saturated rings. The second-order valence-electron chi connectivity index (χ2n) is 12.5. The molecule has 0 bridgehead atoms. The normalized spacial score (nSPS) is 19.2. The van der Waals surface area contributed by atoms with Crippen LogP contribution in [0.3, 0.4) is 0 Å². The Morgan fingerprint density at radius 1 is 1.18 bits per heavy atom. The number of hydrogen-bond donors (Lipinski definition) is 2. The standard InChI is InChI=1S/C30H39N5O3/c1-19(2)20-9-11-23(12-10-20)30(37,29(5)17-35(6)18-29)24-13-22(15-31-16-24)26-32-25(38-34-26)14-28(3,4)33-27(36)21-7-8-21/h9-13,15-16,19,21,37H,7-8,14,17-18H2,1-6H3,(H,33,36)/t30-/m0/s1. The number of pyridine rings is 1. The van der Waals surface area contributed by atoms with Crippen molar-refractivity contribution in [3.8, 4) is 11.4 Å². The molecule has 38 heavy (non-hydrogen) atoms. The molecule has 0 unspecified atom stereocenters. The Labute approximate surface area is 224 Å². The molecule has 0 radical (unpaired) electrons. The minimum Gasteiger partial charge on any atom is -0.380 e. The van der Waals surface area contributed by atoms with Crippen LogP contribution in [-0.2, 0) is 16.8 Å². The van der Waals surface area contributed by atoms with Crippen LogP contribution in [0.1, 0.15) is 76.0 Å². The first-order chi connectivity index (χ1) is 17.9. The number of hydrogen-bond acceptors (Lipinski definition) is 7. The van der Waals surface area contributed by atoms with Crippen molar-refractivity contribution < 1.29 is 14.4 Å². The molecule has 1 amide bonds. The van der Waals surface area contributed by atoms with Gasteiger partial charge in [0, 0.05) is 59.9 Å². The highest BCUT2D eigenvalue weighted by Gasteiger charge is 2.55. The number of nitrogens with one attached hydrogen (secondary N) is 1. The molecule has 1 aliphatic heterocycles. The fourth-order valence-corrected chi connectivity index (χ4v) is 5.75. The molecule has 2 aromatic heterocycles. The first kappa shape index (κ1) is 26.5. The first-order valence-corrected chi connectivity index (χ1v) is 13.5. The van der Waals surface area contributed by atoms with Gasteiger partial charge in [-0.3, -0.25) is 9.78 Å². The van der Waals surface area contributed by atoms with Gasteiger partial charge in [-0.25, -0.2) is 0 Å². The van der Waals surface area contributed by atoms with E-state index in [1.165, 1.54) is 5.56 Å². The van der Waals surface area contributed by atoms with Crippen LogP contribution in [-0.4, -0.2) is 56.7 Å². The molecule has 0 spiro atoms. The fourth-order valence-electron chi connectivity index (χ4n) is 5.75. The Bertz CT molecular complexity index is 1310. The minimum absolute atomic E-state index is 0.0856. The van der Waals surface area contributed by atoms with Crippen molar-refractivity contribution in [3.63, 3.8) is 0 Å². The van der Waals surface area contributed by atoms with Crippen molar-refractivity contribution in [2.45, 2.75) is 70.9 Å². The fraction of sp³-hybridized carbons (Fsp3) is 0.533. The van der Waals surface area contributed by atoms with E-state index in [1.54, 1.807) is 12.4 Å². The molecule has 1 aromatic carbocycles. The molecule has 1 atom stereocenters. The second kappa shape index (κ2) is 9.58. The van der Waals surface area contributed by atoms with Gasteiger partial charge in [-0.1, -0.05) is 50.2 Å². The summed E-state index contributed by atoms with van der Waals surface area (Å²) in [4.78, 5) is 23.6. The van der Waals surface area contributed by atoms with Gasteiger partial charge in [0.2, 0.25) is 17.6 Å². The van der Waals surface area contributed by atoms with E-state index in [2.05, 4.69) is 65.3 Å². The van der Waals surface area contributed by atoms with E-state index in [1.807, 2.05) is 32.0 Å². The Hall–Kier alpha value is -3.10. The average molecular weight is 518 g/mol. The quantitative estimate of drug-likeness (QED) is 0.436. The molecule has 1 saturated heterocycles. The Kier molecular flexibility index (Phi) is 6.68. The second-order valence-corrected chi connectivity index (χ2v) is 12.5. The molecule has 5 rings (SSSR count). The van der Waals surface area contributed by atoms with E-state index in [9.17, 15) is 9.90 Å². The van der Waals surface area contributed by atoms with Gasteiger partial charge >= 0.3 is 0 Å². The monoisotopic (exact) mass is 517 g/mol. The lowest BCUT2D eigenvalue weighted by Gasteiger charge is -2.55. The third-order valence-electron chi connectivity index (χ3n) is 7.99. The van der Waals surface area contributed by atoms with E-state index in [4.69, 9.17) is 4.52 Å². The lowest BCUT2D eigenvalue weighted by atomic mass is 9.62. The van der Waals surface area contributed by atoms with Gasteiger partial charge in [-0.15, -0.1) is 0 Å². The van der Waals surface area contributed by atoms with Crippen molar-refractivity contribution >= 4 is 5.91 Å². The van der Waals surface area contributed by atoms with Gasteiger partial charge in [0.25, 0.3) is 0 Å². The number of aromatic nitrogens is 3. The van der Waals surface area contributed by atoms with Crippen LogP contribution >= 0.6 is 0 Å². The summed E-state index contributed by atoms with van der Waals surface area (Å²) in [6, 6.07) is 10.2. The number of likely N-dealkylation sites (tertiary alicyclic amines) is 1. The summed E-state index contributed by atoms with van der Waals surface area (Å²) in [5.41, 5.74) is 1.30. The van der Waals surface area contributed by atoms with Crippen LogP contribution in [0.5, 0.6) is 0 Å². The van der Waals surface area contributed by atoms with Crippen LogP contribution in [0, 0.1) is 11.3 Å². The molecule has 8 nitrogen and oxygen atoms in total.